The van der Waals surface area contributed by atoms with E-state index in [1.54, 1.807) is 19.2 Å². The van der Waals surface area contributed by atoms with Crippen molar-refractivity contribution in [2.24, 2.45) is 4.99 Å². The zero-order valence-electron chi connectivity index (χ0n) is 16.7. The van der Waals surface area contributed by atoms with Crippen LogP contribution in [0.2, 0.25) is 0 Å². The van der Waals surface area contributed by atoms with Crippen LogP contribution in [0.1, 0.15) is 46.1 Å². The van der Waals surface area contributed by atoms with Crippen LogP contribution in [-0.2, 0) is 5.41 Å². The number of hydrogen-bond acceptors (Lipinski definition) is 2. The maximum atomic E-state index is 13.5. The molecule has 1 aromatic rings. The molecule has 1 aliphatic rings. The summed E-state index contributed by atoms with van der Waals surface area (Å²) < 4.78 is 13.5. The minimum absolute atomic E-state index is 0. The highest BCUT2D eigenvalue weighted by Crippen LogP contribution is 2.22. The van der Waals surface area contributed by atoms with E-state index in [0.717, 1.165) is 37.5 Å². The van der Waals surface area contributed by atoms with Gasteiger partial charge in [-0.25, -0.2) is 4.39 Å². The van der Waals surface area contributed by atoms with Gasteiger partial charge < -0.3 is 15.5 Å². The Morgan fingerprint density at radius 2 is 1.96 bits per heavy atom. The lowest BCUT2D eigenvalue weighted by molar-refractivity contribution is 0.167. The molecule has 2 rings (SSSR count). The lowest BCUT2D eigenvalue weighted by atomic mass is 9.84. The van der Waals surface area contributed by atoms with Gasteiger partial charge in [-0.05, 0) is 44.4 Å². The normalized spacial score (nSPS) is 17.1. The quantitative estimate of drug-likeness (QED) is 0.386. The van der Waals surface area contributed by atoms with Gasteiger partial charge in [-0.2, -0.15) is 0 Å². The van der Waals surface area contributed by atoms with Gasteiger partial charge in [-0.3, -0.25) is 4.99 Å². The zero-order valence-corrected chi connectivity index (χ0v) is 19.0. The average molecular weight is 476 g/mol. The molecule has 0 atom stereocenters. The molecule has 0 aromatic heterocycles. The summed E-state index contributed by atoms with van der Waals surface area (Å²) in [7, 11) is 1.80. The van der Waals surface area contributed by atoms with Crippen molar-refractivity contribution in [2.45, 2.75) is 58.0 Å². The third kappa shape index (κ3) is 6.68. The van der Waals surface area contributed by atoms with Crippen molar-refractivity contribution in [1.82, 2.24) is 15.5 Å². The van der Waals surface area contributed by atoms with Crippen molar-refractivity contribution in [2.75, 3.05) is 26.7 Å². The molecule has 0 aliphatic carbocycles. The van der Waals surface area contributed by atoms with Crippen molar-refractivity contribution in [3.8, 4) is 0 Å². The first-order chi connectivity index (χ1) is 11.8. The molecule has 148 valence electrons. The van der Waals surface area contributed by atoms with E-state index in [-0.39, 0.29) is 35.2 Å². The van der Waals surface area contributed by atoms with Gasteiger partial charge in [-0.1, -0.05) is 26.0 Å². The topological polar surface area (TPSA) is 39.7 Å². The average Bonchev–Trinajstić information content (AvgIpc) is 2.59. The molecule has 1 heterocycles. The number of likely N-dealkylation sites (tertiary alicyclic amines) is 1. The van der Waals surface area contributed by atoms with Gasteiger partial charge in [-0.15, -0.1) is 24.0 Å². The maximum absolute atomic E-state index is 13.5. The summed E-state index contributed by atoms with van der Waals surface area (Å²) in [4.78, 5) is 6.87. The fourth-order valence-corrected chi connectivity index (χ4v) is 3.26. The highest BCUT2D eigenvalue weighted by atomic mass is 127. The number of benzene rings is 1. The van der Waals surface area contributed by atoms with E-state index < -0.39 is 0 Å². The number of piperidine rings is 1. The van der Waals surface area contributed by atoms with Gasteiger partial charge in [0.05, 0.1) is 0 Å². The van der Waals surface area contributed by atoms with Crippen LogP contribution < -0.4 is 10.6 Å². The van der Waals surface area contributed by atoms with Gasteiger partial charge in [0.15, 0.2) is 5.96 Å². The molecule has 1 aliphatic heterocycles. The van der Waals surface area contributed by atoms with Crippen LogP contribution in [-0.4, -0.2) is 49.6 Å². The molecule has 0 spiro atoms. The van der Waals surface area contributed by atoms with Crippen molar-refractivity contribution in [3.05, 3.63) is 35.6 Å². The predicted molar refractivity (Wildman–Crippen MR) is 119 cm³/mol. The third-order valence-electron chi connectivity index (χ3n) is 5.13. The van der Waals surface area contributed by atoms with Gasteiger partial charge in [0.25, 0.3) is 0 Å². The number of nitrogens with one attached hydrogen (secondary N) is 2. The number of guanidine groups is 1. The number of rotatable bonds is 5. The molecule has 0 radical (unpaired) electrons. The molecular weight excluding hydrogens is 442 g/mol. The van der Waals surface area contributed by atoms with E-state index >= 15 is 0 Å². The highest BCUT2D eigenvalue weighted by molar-refractivity contribution is 14.0. The molecule has 0 unspecified atom stereocenters. The van der Waals surface area contributed by atoms with Crippen molar-refractivity contribution < 1.29 is 4.39 Å². The fraction of sp³-hybridized carbons (Fsp3) is 0.650. The summed E-state index contributed by atoms with van der Waals surface area (Å²) in [5.41, 5.74) is 0.807. The first kappa shape index (κ1) is 23.1. The van der Waals surface area contributed by atoms with Crippen LogP contribution in [0.15, 0.2) is 29.3 Å². The molecule has 0 bridgehead atoms. The molecule has 1 aromatic carbocycles. The van der Waals surface area contributed by atoms with Crippen molar-refractivity contribution in [3.63, 3.8) is 0 Å². The second kappa shape index (κ2) is 10.4. The Balaban J connectivity index is 0.00000338. The lowest BCUT2D eigenvalue weighted by Crippen LogP contribution is -2.51. The van der Waals surface area contributed by atoms with E-state index in [0.29, 0.717) is 18.6 Å². The second-order valence-electron chi connectivity index (χ2n) is 7.87. The summed E-state index contributed by atoms with van der Waals surface area (Å²) in [5.74, 6) is 0.637. The van der Waals surface area contributed by atoms with E-state index in [2.05, 4.69) is 48.2 Å². The molecule has 26 heavy (non-hydrogen) atoms. The Morgan fingerprint density at radius 1 is 1.31 bits per heavy atom. The molecule has 2 N–H and O–H groups in total. The molecule has 0 saturated carbocycles. The first-order valence-electron chi connectivity index (χ1n) is 9.29. The SMILES string of the molecule is CN=C(NCC(C)(C)c1cccc(F)c1)NC1CCN(C(C)C)CC1.I. The number of aliphatic imine (C=N–C) groups is 1. The minimum Gasteiger partial charge on any atom is -0.356 e. The second-order valence-corrected chi connectivity index (χ2v) is 7.87. The lowest BCUT2D eigenvalue weighted by Gasteiger charge is -2.35. The number of hydrogen-bond donors (Lipinski definition) is 2. The molecule has 6 heteroatoms. The summed E-state index contributed by atoms with van der Waals surface area (Å²) in [5, 5.41) is 6.95. The van der Waals surface area contributed by atoms with Crippen LogP contribution in [0, 0.1) is 5.82 Å². The van der Waals surface area contributed by atoms with Gasteiger partial charge in [0.1, 0.15) is 5.82 Å². The summed E-state index contributed by atoms with van der Waals surface area (Å²) in [6.07, 6.45) is 2.26. The van der Waals surface area contributed by atoms with Gasteiger partial charge in [0.2, 0.25) is 0 Å². The Bertz CT molecular complexity index is 581. The Kier molecular flexibility index (Phi) is 9.30. The van der Waals surface area contributed by atoms with Crippen molar-refractivity contribution in [1.29, 1.82) is 0 Å². The van der Waals surface area contributed by atoms with Gasteiger partial charge in [0, 0.05) is 44.2 Å². The standard InChI is InChI=1S/C20H33FN4.HI/c1-15(2)25-11-9-18(10-12-25)24-19(22-5)23-14-20(3,4)16-7-6-8-17(21)13-16;/h6-8,13,15,18H,9-12,14H2,1-5H3,(H2,22,23,24);1H. The Morgan fingerprint density at radius 3 is 2.50 bits per heavy atom. The highest BCUT2D eigenvalue weighted by Gasteiger charge is 2.24. The van der Waals surface area contributed by atoms with Crippen LogP contribution >= 0.6 is 24.0 Å². The van der Waals surface area contributed by atoms with Crippen LogP contribution in [0.5, 0.6) is 0 Å². The molecular formula is C20H34FIN4. The number of nitrogens with zero attached hydrogens (tertiary/aromatic N) is 2. The molecule has 1 saturated heterocycles. The van der Waals surface area contributed by atoms with Crippen molar-refractivity contribution >= 4 is 29.9 Å². The molecule has 1 fully saturated rings. The largest absolute Gasteiger partial charge is 0.356 e. The molecule has 4 nitrogen and oxygen atoms in total. The summed E-state index contributed by atoms with van der Waals surface area (Å²) in [6, 6.07) is 7.91. The summed E-state index contributed by atoms with van der Waals surface area (Å²) in [6.45, 7) is 11.7. The smallest absolute Gasteiger partial charge is 0.191 e. The fourth-order valence-electron chi connectivity index (χ4n) is 3.26. The van der Waals surface area contributed by atoms with Gasteiger partial charge >= 0.3 is 0 Å². The molecule has 0 amide bonds. The van der Waals surface area contributed by atoms with E-state index in [4.69, 9.17) is 0 Å². The third-order valence-corrected chi connectivity index (χ3v) is 5.13. The number of halogens is 2. The zero-order chi connectivity index (χ0) is 18.4. The van der Waals surface area contributed by atoms with E-state index in [1.807, 2.05) is 6.07 Å². The van der Waals surface area contributed by atoms with Crippen LogP contribution in [0.3, 0.4) is 0 Å². The van der Waals surface area contributed by atoms with E-state index in [1.165, 1.54) is 6.07 Å². The first-order valence-corrected chi connectivity index (χ1v) is 9.29. The summed E-state index contributed by atoms with van der Waals surface area (Å²) >= 11 is 0. The predicted octanol–water partition coefficient (Wildman–Crippen LogP) is 3.76. The van der Waals surface area contributed by atoms with E-state index in [9.17, 15) is 4.39 Å². The Labute approximate surface area is 175 Å². The monoisotopic (exact) mass is 476 g/mol. The van der Waals surface area contributed by atoms with Crippen LogP contribution in [0.25, 0.3) is 0 Å². The maximum Gasteiger partial charge on any atom is 0.191 e. The van der Waals surface area contributed by atoms with Crippen LogP contribution in [0.4, 0.5) is 4.39 Å². The Hall–Kier alpha value is -0.890. The minimum atomic E-state index is -0.190.